The molecule has 0 aliphatic heterocycles. The Bertz CT molecular complexity index is 4040. The van der Waals surface area contributed by atoms with E-state index >= 15 is 0 Å². The Morgan fingerprint density at radius 3 is 1.29 bits per heavy atom. The van der Waals surface area contributed by atoms with E-state index in [2.05, 4.69) is 162 Å². The summed E-state index contributed by atoms with van der Waals surface area (Å²) < 4.78 is 61.5. The third-order valence-corrected chi connectivity index (χ3v) is 16.7. The molecule has 3 heteroatoms. The zero-order valence-corrected chi connectivity index (χ0v) is 45.8. The highest BCUT2D eigenvalue weighted by Crippen LogP contribution is 2.46. The van der Waals surface area contributed by atoms with Crippen molar-refractivity contribution in [2.45, 2.75) is 119 Å². The van der Waals surface area contributed by atoms with Crippen LogP contribution in [0, 0.1) is 62.2 Å². The van der Waals surface area contributed by atoms with E-state index < -0.39 is 19.6 Å². The number of rotatable bonds is 4. The van der Waals surface area contributed by atoms with Crippen molar-refractivity contribution in [3.05, 3.63) is 229 Å². The van der Waals surface area contributed by atoms with Crippen LogP contribution in [0.3, 0.4) is 0 Å². The molecule has 0 unspecified atom stereocenters. The first-order valence-electron chi connectivity index (χ1n) is 30.6. The lowest BCUT2D eigenvalue weighted by Gasteiger charge is -2.22. The molecule has 75 heavy (non-hydrogen) atoms. The van der Waals surface area contributed by atoms with Crippen molar-refractivity contribution in [2.75, 3.05) is 0 Å². The highest BCUT2D eigenvalue weighted by Gasteiger charge is 2.30. The standard InChI is InChI=1S/C27H30N.C23H24N.C22H22N/c1-18-9-11-23-22(15-18)16-25-24(23)12-10-19(2)27(25)26-17-21(13-14-28(26)3)20-7-5-4-6-8-20;1-14-6-8-19-18(10-14)12-21-20(19)9-7-15(2)23(21)22-11-16(3)17(4)13-24(22)5;1-14-5-8-18-17(11-14)12-20-19(18)9-7-16(3)22(20)21-10-6-15(2)13-23(21)4/h9-15,17,20H,4-8,16H2,1-3H3;6-11,13H,12H2,1-5H3;5-11,13H,12H2,1-4H3/q3*+1/i20D;4D3;2D3. The lowest BCUT2D eigenvalue weighted by atomic mass is 9.83. The van der Waals surface area contributed by atoms with Crippen molar-refractivity contribution >= 4 is 0 Å². The fraction of sp³-hybridized carbons (Fsp3) is 0.292. The zero-order valence-electron chi connectivity index (χ0n) is 52.8. The summed E-state index contributed by atoms with van der Waals surface area (Å²) in [7, 11) is 6.01. The predicted molar refractivity (Wildman–Crippen MR) is 312 cm³/mol. The van der Waals surface area contributed by atoms with Gasteiger partial charge in [0.2, 0.25) is 17.1 Å². The topological polar surface area (TPSA) is 11.6 Å². The van der Waals surface area contributed by atoms with Gasteiger partial charge >= 0.3 is 0 Å². The Kier molecular flexibility index (Phi) is 11.3. The van der Waals surface area contributed by atoms with Gasteiger partial charge in [-0.25, -0.2) is 13.7 Å². The monoisotopic (exact) mass is 990 g/mol. The molecule has 0 atom stereocenters. The Balaban J connectivity index is 0.000000129. The molecule has 0 bridgehead atoms. The normalized spacial score (nSPS) is 15.8. The molecule has 3 aromatic heterocycles. The van der Waals surface area contributed by atoms with Crippen LogP contribution in [0.2, 0.25) is 0 Å². The molecule has 3 nitrogen and oxygen atoms in total. The van der Waals surface area contributed by atoms with Gasteiger partial charge in [0, 0.05) is 45.0 Å². The van der Waals surface area contributed by atoms with Gasteiger partial charge in [0.05, 0.1) is 16.7 Å². The molecule has 4 aliphatic rings. The summed E-state index contributed by atoms with van der Waals surface area (Å²) in [6.45, 7) is 10.6. The van der Waals surface area contributed by atoms with Crippen LogP contribution in [-0.2, 0) is 40.4 Å². The zero-order chi connectivity index (χ0) is 58.3. The minimum atomic E-state index is -2.10. The SMILES string of the molecule is [2H]C([2H])([2H])c1c[n+](C)c(-c2c(C)ccc3c2Cc2cc(C)ccc2-3)cc1C.[2H]C([2H])([2H])c1ccc(-c2c(C)ccc3c2Cc2cc(C)ccc2-3)[n+](C)c1.[2H]C1(c2cc[n+](C)c(-c3c(C)ccc4c3Cc3cc(C)ccc3-4)c2)CCCCC1. The molecule has 4 aliphatic carbocycles. The maximum atomic E-state index is 9.12. The maximum absolute atomic E-state index is 9.12. The van der Waals surface area contributed by atoms with Gasteiger partial charge in [-0.3, -0.25) is 0 Å². The minimum Gasteiger partial charge on any atom is -0.201 e. The Labute approximate surface area is 458 Å². The number of aromatic nitrogens is 3. The van der Waals surface area contributed by atoms with E-state index in [0.717, 1.165) is 49.1 Å². The molecule has 0 amide bonds. The van der Waals surface area contributed by atoms with Gasteiger partial charge < -0.3 is 0 Å². The van der Waals surface area contributed by atoms with Crippen LogP contribution in [0.5, 0.6) is 0 Å². The van der Waals surface area contributed by atoms with Crippen LogP contribution in [0.4, 0.5) is 0 Å². The molecule has 13 rings (SSSR count). The Morgan fingerprint density at radius 1 is 0.387 bits per heavy atom. The smallest absolute Gasteiger partial charge is 0.201 e. The lowest BCUT2D eigenvalue weighted by molar-refractivity contribution is -0.660. The summed E-state index contributed by atoms with van der Waals surface area (Å²) in [5, 5.41) is 0. The van der Waals surface area contributed by atoms with E-state index in [0.29, 0.717) is 11.1 Å². The van der Waals surface area contributed by atoms with E-state index in [1.54, 1.807) is 18.5 Å². The molecule has 1 saturated carbocycles. The molecule has 0 N–H and O–H groups in total. The molecule has 6 aromatic carbocycles. The van der Waals surface area contributed by atoms with Gasteiger partial charge in [0.25, 0.3) is 0 Å². The van der Waals surface area contributed by atoms with Gasteiger partial charge in [-0.05, 0) is 201 Å². The number of hydrogen-bond acceptors (Lipinski definition) is 0. The Hall–Kier alpha value is -7.23. The second kappa shape index (κ2) is 20.1. The fourth-order valence-electron chi connectivity index (χ4n) is 12.8. The average Bonchev–Trinajstić information content (AvgIpc) is 2.67. The van der Waals surface area contributed by atoms with E-state index in [1.807, 2.05) is 42.3 Å². The second-order valence-electron chi connectivity index (χ2n) is 22.2. The summed E-state index contributed by atoms with van der Waals surface area (Å²) in [6, 6.07) is 43.7. The van der Waals surface area contributed by atoms with E-state index in [4.69, 9.17) is 9.60 Å². The summed E-state index contributed by atoms with van der Waals surface area (Å²) in [4.78, 5) is 0. The quantitative estimate of drug-likeness (QED) is 0.156. The van der Waals surface area contributed by atoms with Crippen molar-refractivity contribution in [1.29, 1.82) is 0 Å². The second-order valence-corrected chi connectivity index (χ2v) is 22.2. The first-order chi connectivity index (χ1) is 38.9. The number of pyridine rings is 3. The molecule has 376 valence electrons. The fourth-order valence-corrected chi connectivity index (χ4v) is 12.8. The van der Waals surface area contributed by atoms with Crippen LogP contribution in [0.1, 0.15) is 137 Å². The maximum Gasteiger partial charge on any atom is 0.213 e. The van der Waals surface area contributed by atoms with Crippen LogP contribution in [0.15, 0.2) is 140 Å². The van der Waals surface area contributed by atoms with Gasteiger partial charge in [0.1, 0.15) is 21.1 Å². The molecule has 0 spiro atoms. The number of fused-ring (bicyclic) bond motifs is 9. The third kappa shape index (κ3) is 9.38. The van der Waals surface area contributed by atoms with Crippen molar-refractivity contribution < 1.29 is 23.3 Å². The van der Waals surface area contributed by atoms with Gasteiger partial charge in [-0.2, -0.15) is 0 Å². The van der Waals surface area contributed by atoms with E-state index in [1.165, 1.54) is 147 Å². The molecule has 3 heterocycles. The highest BCUT2D eigenvalue weighted by atomic mass is 14.9. The Morgan fingerprint density at radius 2 is 0.827 bits per heavy atom. The van der Waals surface area contributed by atoms with E-state index in [9.17, 15) is 0 Å². The molecular formula is C72H76N3+3. The number of hydrogen-bond donors (Lipinski definition) is 0. The van der Waals surface area contributed by atoms with Gasteiger partial charge in [-0.1, -0.05) is 127 Å². The van der Waals surface area contributed by atoms with Crippen molar-refractivity contribution in [2.24, 2.45) is 21.1 Å². The molecule has 1 fully saturated rings. The predicted octanol–water partition coefficient (Wildman–Crippen LogP) is 16.1. The molecule has 0 saturated heterocycles. The third-order valence-electron chi connectivity index (χ3n) is 16.7. The molecule has 0 radical (unpaired) electrons. The van der Waals surface area contributed by atoms with Crippen molar-refractivity contribution in [1.82, 2.24) is 0 Å². The summed E-state index contributed by atoms with van der Waals surface area (Å²) in [5.74, 6) is -0.423. The van der Waals surface area contributed by atoms with Crippen LogP contribution in [0.25, 0.3) is 67.2 Å². The van der Waals surface area contributed by atoms with Crippen LogP contribution in [-0.4, -0.2) is 0 Å². The molecular weight excluding hydrogens is 907 g/mol. The van der Waals surface area contributed by atoms with E-state index in [-0.39, 0.29) is 0 Å². The number of benzene rings is 6. The number of nitrogens with zero attached hydrogens (tertiary/aromatic N) is 3. The first kappa shape index (κ1) is 42.0. The lowest BCUT2D eigenvalue weighted by Crippen LogP contribution is -2.32. The number of aryl methyl sites for hydroxylation is 12. The van der Waals surface area contributed by atoms with Crippen molar-refractivity contribution in [3.63, 3.8) is 0 Å². The van der Waals surface area contributed by atoms with Crippen LogP contribution < -0.4 is 13.7 Å². The van der Waals surface area contributed by atoms with Crippen molar-refractivity contribution in [3.8, 4) is 67.2 Å². The summed E-state index contributed by atoms with van der Waals surface area (Å²) in [5.41, 5.74) is 33.9. The minimum absolute atomic E-state index is 0.368. The summed E-state index contributed by atoms with van der Waals surface area (Å²) in [6.07, 6.45) is 14.1. The average molecular weight is 990 g/mol. The summed E-state index contributed by atoms with van der Waals surface area (Å²) >= 11 is 0. The first-order valence-corrected chi connectivity index (χ1v) is 27.1. The van der Waals surface area contributed by atoms with Gasteiger partial charge in [-0.15, -0.1) is 0 Å². The van der Waals surface area contributed by atoms with Gasteiger partial charge in [0.15, 0.2) is 18.6 Å². The van der Waals surface area contributed by atoms with Crippen LogP contribution >= 0.6 is 0 Å². The largest absolute Gasteiger partial charge is 0.213 e. The highest BCUT2D eigenvalue weighted by molar-refractivity contribution is 5.87. The molecule has 9 aromatic rings.